The zero-order valence-electron chi connectivity index (χ0n) is 11.4. The minimum absolute atomic E-state index is 0.131. The molecular weight excluding hydrogens is 266 g/mol. The van der Waals surface area contributed by atoms with E-state index in [1.807, 2.05) is 24.3 Å². The highest BCUT2D eigenvalue weighted by Gasteiger charge is 2.02. The number of para-hydroxylation sites is 1. The third-order valence-electron chi connectivity index (χ3n) is 2.87. The Hall–Kier alpha value is -3.04. The van der Waals surface area contributed by atoms with E-state index in [4.69, 9.17) is 10.3 Å². The fourth-order valence-corrected chi connectivity index (χ4v) is 1.81. The van der Waals surface area contributed by atoms with Crippen LogP contribution in [0.1, 0.15) is 15.9 Å². The first-order chi connectivity index (χ1) is 10.2. The maximum atomic E-state index is 12.1. The van der Waals surface area contributed by atoms with Gasteiger partial charge in [0.05, 0.1) is 7.11 Å². The molecule has 0 fully saturated rings. The SMILES string of the molecule is COc1ccccc1C=CC(=O)c1ccc(N=[N+]=[N-])cc1. The average Bonchev–Trinajstić information content (AvgIpc) is 2.54. The standard InChI is InChI=1S/C16H13N3O2/c1-21-16-5-3-2-4-13(16)8-11-15(20)12-6-9-14(10-7-12)18-19-17/h2-11H,1H3. The number of carbonyl (C=O) groups is 1. The molecule has 0 radical (unpaired) electrons. The Morgan fingerprint density at radius 3 is 2.57 bits per heavy atom. The fourth-order valence-electron chi connectivity index (χ4n) is 1.81. The predicted octanol–water partition coefficient (Wildman–Crippen LogP) is 4.53. The summed E-state index contributed by atoms with van der Waals surface area (Å²) in [5.74, 6) is 0.577. The van der Waals surface area contributed by atoms with Gasteiger partial charge in [-0.2, -0.15) is 0 Å². The van der Waals surface area contributed by atoms with Crippen LogP contribution in [-0.4, -0.2) is 12.9 Å². The van der Waals surface area contributed by atoms with Gasteiger partial charge in [-0.3, -0.25) is 4.79 Å². The summed E-state index contributed by atoms with van der Waals surface area (Å²) >= 11 is 0. The van der Waals surface area contributed by atoms with E-state index < -0.39 is 0 Å². The second kappa shape index (κ2) is 6.93. The van der Waals surface area contributed by atoms with Gasteiger partial charge in [0, 0.05) is 21.7 Å². The number of ether oxygens (including phenoxy) is 1. The Bertz CT molecular complexity index is 715. The monoisotopic (exact) mass is 279 g/mol. The number of allylic oxidation sites excluding steroid dienone is 1. The molecule has 2 rings (SSSR count). The van der Waals surface area contributed by atoms with Gasteiger partial charge >= 0.3 is 0 Å². The lowest BCUT2D eigenvalue weighted by molar-refractivity contribution is 0.104. The first kappa shape index (κ1) is 14.4. The van der Waals surface area contributed by atoms with E-state index in [1.54, 1.807) is 37.5 Å². The van der Waals surface area contributed by atoms with Crippen molar-refractivity contribution in [3.8, 4) is 5.75 Å². The molecule has 2 aromatic carbocycles. The molecule has 21 heavy (non-hydrogen) atoms. The van der Waals surface area contributed by atoms with Gasteiger partial charge in [-0.1, -0.05) is 47.6 Å². The van der Waals surface area contributed by atoms with Crippen LogP contribution in [-0.2, 0) is 0 Å². The van der Waals surface area contributed by atoms with Gasteiger partial charge in [-0.25, -0.2) is 0 Å². The van der Waals surface area contributed by atoms with Crippen molar-refractivity contribution in [2.75, 3.05) is 7.11 Å². The Balaban J connectivity index is 2.17. The lowest BCUT2D eigenvalue weighted by Crippen LogP contribution is -1.93. The predicted molar refractivity (Wildman–Crippen MR) is 81.6 cm³/mol. The van der Waals surface area contributed by atoms with Crippen molar-refractivity contribution in [2.45, 2.75) is 0 Å². The molecule has 0 spiro atoms. The zero-order valence-corrected chi connectivity index (χ0v) is 11.4. The van der Waals surface area contributed by atoms with Crippen LogP contribution in [0.2, 0.25) is 0 Å². The van der Waals surface area contributed by atoms with Crippen LogP contribution in [0, 0.1) is 0 Å². The molecule has 0 N–H and O–H groups in total. The zero-order chi connectivity index (χ0) is 15.1. The molecule has 0 saturated heterocycles. The molecule has 5 nitrogen and oxygen atoms in total. The van der Waals surface area contributed by atoms with Crippen molar-refractivity contribution in [2.24, 2.45) is 5.11 Å². The first-order valence-electron chi connectivity index (χ1n) is 6.25. The van der Waals surface area contributed by atoms with Crippen LogP contribution in [0.25, 0.3) is 16.5 Å². The number of hydrogen-bond acceptors (Lipinski definition) is 3. The van der Waals surface area contributed by atoms with Gasteiger partial charge in [-0.05, 0) is 23.7 Å². The maximum Gasteiger partial charge on any atom is 0.185 e. The van der Waals surface area contributed by atoms with Crippen LogP contribution >= 0.6 is 0 Å². The molecule has 0 aliphatic carbocycles. The molecule has 0 aliphatic heterocycles. The molecule has 5 heteroatoms. The Kier molecular flexibility index (Phi) is 4.75. The summed E-state index contributed by atoms with van der Waals surface area (Å²) in [4.78, 5) is 14.7. The van der Waals surface area contributed by atoms with Gasteiger partial charge in [0.2, 0.25) is 0 Å². The van der Waals surface area contributed by atoms with Crippen LogP contribution < -0.4 is 4.74 Å². The Morgan fingerprint density at radius 1 is 1.19 bits per heavy atom. The van der Waals surface area contributed by atoms with Crippen molar-refractivity contribution in [3.05, 3.63) is 76.2 Å². The van der Waals surface area contributed by atoms with E-state index >= 15 is 0 Å². The summed E-state index contributed by atoms with van der Waals surface area (Å²) in [5, 5.41) is 3.46. The van der Waals surface area contributed by atoms with Gasteiger partial charge in [0.1, 0.15) is 5.75 Å². The van der Waals surface area contributed by atoms with Crippen LogP contribution in [0.4, 0.5) is 5.69 Å². The molecule has 0 amide bonds. The number of azide groups is 1. The molecule has 0 aliphatic rings. The quantitative estimate of drug-likeness (QED) is 0.265. The third-order valence-corrected chi connectivity index (χ3v) is 2.87. The van der Waals surface area contributed by atoms with E-state index in [0.29, 0.717) is 17.0 Å². The summed E-state index contributed by atoms with van der Waals surface area (Å²) in [6.45, 7) is 0. The summed E-state index contributed by atoms with van der Waals surface area (Å²) < 4.78 is 5.22. The largest absolute Gasteiger partial charge is 0.496 e. The number of hydrogen-bond donors (Lipinski definition) is 0. The highest BCUT2D eigenvalue weighted by molar-refractivity contribution is 6.07. The smallest absolute Gasteiger partial charge is 0.185 e. The van der Waals surface area contributed by atoms with Crippen molar-refractivity contribution in [1.82, 2.24) is 0 Å². The number of ketones is 1. The molecule has 0 atom stereocenters. The molecule has 2 aromatic rings. The average molecular weight is 279 g/mol. The van der Waals surface area contributed by atoms with Crippen LogP contribution in [0.15, 0.2) is 59.7 Å². The Labute approximate surface area is 122 Å². The van der Waals surface area contributed by atoms with E-state index in [0.717, 1.165) is 5.56 Å². The highest BCUT2D eigenvalue weighted by Crippen LogP contribution is 2.19. The maximum absolute atomic E-state index is 12.1. The second-order valence-electron chi connectivity index (χ2n) is 4.18. The summed E-state index contributed by atoms with van der Waals surface area (Å²) in [5.41, 5.74) is 10.2. The van der Waals surface area contributed by atoms with Crippen molar-refractivity contribution >= 4 is 17.5 Å². The second-order valence-corrected chi connectivity index (χ2v) is 4.18. The third kappa shape index (κ3) is 3.72. The first-order valence-corrected chi connectivity index (χ1v) is 6.25. The van der Waals surface area contributed by atoms with Crippen LogP contribution in [0.5, 0.6) is 5.75 Å². The van der Waals surface area contributed by atoms with Gasteiger partial charge in [0.25, 0.3) is 0 Å². The molecular formula is C16H13N3O2. The fraction of sp³-hybridized carbons (Fsp3) is 0.0625. The minimum Gasteiger partial charge on any atom is -0.496 e. The number of carbonyl (C=O) groups excluding carboxylic acids is 1. The van der Waals surface area contributed by atoms with Crippen molar-refractivity contribution < 1.29 is 9.53 Å². The molecule has 0 saturated carbocycles. The van der Waals surface area contributed by atoms with E-state index in [2.05, 4.69) is 10.0 Å². The lowest BCUT2D eigenvalue weighted by Gasteiger charge is -2.03. The van der Waals surface area contributed by atoms with E-state index in [9.17, 15) is 4.79 Å². The number of methoxy groups -OCH3 is 1. The molecule has 104 valence electrons. The summed E-state index contributed by atoms with van der Waals surface area (Å²) in [6.07, 6.45) is 3.20. The topological polar surface area (TPSA) is 75.1 Å². The number of benzene rings is 2. The number of nitrogens with zero attached hydrogens (tertiary/aromatic N) is 3. The van der Waals surface area contributed by atoms with Crippen LogP contribution in [0.3, 0.4) is 0 Å². The molecule has 0 bridgehead atoms. The molecule has 0 heterocycles. The minimum atomic E-state index is -0.131. The van der Waals surface area contributed by atoms with Gasteiger partial charge < -0.3 is 4.74 Å². The van der Waals surface area contributed by atoms with Crippen molar-refractivity contribution in [3.63, 3.8) is 0 Å². The summed E-state index contributed by atoms with van der Waals surface area (Å²) in [6, 6.07) is 13.9. The van der Waals surface area contributed by atoms with Gasteiger partial charge in [-0.15, -0.1) is 0 Å². The Morgan fingerprint density at radius 2 is 1.90 bits per heavy atom. The van der Waals surface area contributed by atoms with E-state index in [1.165, 1.54) is 6.08 Å². The lowest BCUT2D eigenvalue weighted by atomic mass is 10.1. The summed E-state index contributed by atoms with van der Waals surface area (Å²) in [7, 11) is 1.59. The van der Waals surface area contributed by atoms with Gasteiger partial charge in [0.15, 0.2) is 5.78 Å². The molecule has 0 unspecified atom stereocenters. The molecule has 0 aromatic heterocycles. The van der Waals surface area contributed by atoms with Crippen molar-refractivity contribution in [1.29, 1.82) is 0 Å². The number of rotatable bonds is 5. The highest BCUT2D eigenvalue weighted by atomic mass is 16.5. The normalized spacial score (nSPS) is 10.1. The van der Waals surface area contributed by atoms with E-state index in [-0.39, 0.29) is 5.78 Å².